The van der Waals surface area contributed by atoms with Crippen LogP contribution in [-0.4, -0.2) is 30.4 Å². The molecule has 106 valence electrons. The Bertz CT molecular complexity index is 617. The second kappa shape index (κ2) is 5.01. The summed E-state index contributed by atoms with van der Waals surface area (Å²) >= 11 is 3.39. The highest BCUT2D eigenvalue weighted by Crippen LogP contribution is 2.35. The molecule has 0 saturated heterocycles. The van der Waals surface area contributed by atoms with E-state index in [0.717, 1.165) is 4.47 Å². The molecule has 1 aromatic carbocycles. The van der Waals surface area contributed by atoms with Crippen LogP contribution < -0.4 is 4.90 Å². The summed E-state index contributed by atoms with van der Waals surface area (Å²) in [7, 11) is 1.64. The maximum absolute atomic E-state index is 12.2. The predicted molar refractivity (Wildman–Crippen MR) is 80.3 cm³/mol. The van der Waals surface area contributed by atoms with Crippen LogP contribution in [0.4, 0.5) is 10.5 Å². The van der Waals surface area contributed by atoms with E-state index in [4.69, 9.17) is 4.74 Å². The molecule has 0 aromatic heterocycles. The van der Waals surface area contributed by atoms with Gasteiger partial charge in [-0.05, 0) is 42.8 Å². The minimum absolute atomic E-state index is 0.109. The fourth-order valence-corrected chi connectivity index (χ4v) is 2.54. The van der Waals surface area contributed by atoms with Gasteiger partial charge in [0.15, 0.2) is 0 Å². The Kier molecular flexibility index (Phi) is 3.69. The highest BCUT2D eigenvalue weighted by atomic mass is 79.9. The third-order valence-electron chi connectivity index (χ3n) is 2.68. The highest BCUT2D eigenvalue weighted by Gasteiger charge is 2.34. The third-order valence-corrected chi connectivity index (χ3v) is 3.32. The molecule has 0 saturated carbocycles. The minimum Gasteiger partial charge on any atom is -0.442 e. The average Bonchev–Trinajstić information content (AvgIpc) is 2.53. The molecule has 0 bridgehead atoms. The lowest BCUT2D eigenvalue weighted by Gasteiger charge is -2.17. The number of halogens is 1. The molecule has 2 rings (SSSR count). The summed E-state index contributed by atoms with van der Waals surface area (Å²) < 4.78 is 5.90. The van der Waals surface area contributed by atoms with Gasteiger partial charge in [0.05, 0.1) is 5.69 Å². The molecule has 2 amide bonds. The van der Waals surface area contributed by atoms with Gasteiger partial charge in [0.1, 0.15) is 11.3 Å². The van der Waals surface area contributed by atoms with Crippen molar-refractivity contribution in [3.05, 3.63) is 28.2 Å². The fraction of sp³-hybridized carbons (Fsp3) is 0.357. The van der Waals surface area contributed by atoms with Crippen molar-refractivity contribution in [2.75, 3.05) is 11.9 Å². The van der Waals surface area contributed by atoms with Crippen molar-refractivity contribution in [2.24, 2.45) is 4.99 Å². The largest absolute Gasteiger partial charge is 0.442 e. The zero-order valence-electron chi connectivity index (χ0n) is 11.7. The maximum Gasteiger partial charge on any atom is 0.434 e. The van der Waals surface area contributed by atoms with Crippen molar-refractivity contribution in [1.29, 1.82) is 0 Å². The molecule has 0 spiro atoms. The Hall–Kier alpha value is -1.69. The van der Waals surface area contributed by atoms with E-state index in [2.05, 4.69) is 20.9 Å². The van der Waals surface area contributed by atoms with Crippen LogP contribution in [0.25, 0.3) is 0 Å². The number of hydrogen-bond acceptors (Lipinski definition) is 3. The Morgan fingerprint density at radius 1 is 1.35 bits per heavy atom. The van der Waals surface area contributed by atoms with Gasteiger partial charge in [-0.3, -0.25) is 4.79 Å². The highest BCUT2D eigenvalue weighted by molar-refractivity contribution is 9.10. The summed E-state index contributed by atoms with van der Waals surface area (Å²) in [5, 5.41) is 0. The van der Waals surface area contributed by atoms with Gasteiger partial charge in [-0.25, -0.2) is 4.79 Å². The Morgan fingerprint density at radius 3 is 2.60 bits per heavy atom. The first kappa shape index (κ1) is 14.7. The Balaban J connectivity index is 2.42. The molecule has 1 aromatic rings. The normalized spacial score (nSPS) is 16.6. The number of carbonyl (C=O) groups is 2. The van der Waals surface area contributed by atoms with Gasteiger partial charge < -0.3 is 9.64 Å². The zero-order valence-corrected chi connectivity index (χ0v) is 13.3. The SMILES string of the molecule is CN1C(=O)/C(=N\C(=O)OC(C)(C)C)c2cccc(Br)c21. The van der Waals surface area contributed by atoms with Gasteiger partial charge in [-0.1, -0.05) is 12.1 Å². The topological polar surface area (TPSA) is 59.0 Å². The van der Waals surface area contributed by atoms with E-state index < -0.39 is 11.7 Å². The maximum atomic E-state index is 12.2. The Labute approximate surface area is 125 Å². The number of anilines is 1. The number of para-hydroxylation sites is 1. The number of ether oxygens (including phenoxy) is 1. The van der Waals surface area contributed by atoms with Crippen molar-refractivity contribution in [3.63, 3.8) is 0 Å². The molecule has 20 heavy (non-hydrogen) atoms. The van der Waals surface area contributed by atoms with E-state index in [1.807, 2.05) is 6.07 Å². The lowest BCUT2D eigenvalue weighted by molar-refractivity contribution is -0.112. The second-order valence-corrected chi connectivity index (χ2v) is 6.30. The van der Waals surface area contributed by atoms with E-state index in [9.17, 15) is 9.59 Å². The molecule has 0 unspecified atom stereocenters. The number of fused-ring (bicyclic) bond motifs is 1. The van der Waals surface area contributed by atoms with Crippen LogP contribution in [0.3, 0.4) is 0 Å². The van der Waals surface area contributed by atoms with Crippen LogP contribution in [0, 0.1) is 0 Å². The number of carbonyl (C=O) groups excluding carboxylic acids is 2. The quantitative estimate of drug-likeness (QED) is 0.730. The summed E-state index contributed by atoms with van der Waals surface area (Å²) in [4.78, 5) is 29.2. The molecule has 1 heterocycles. The number of benzene rings is 1. The molecule has 0 aliphatic carbocycles. The van der Waals surface area contributed by atoms with Gasteiger partial charge in [0.2, 0.25) is 0 Å². The van der Waals surface area contributed by atoms with E-state index in [0.29, 0.717) is 11.3 Å². The number of aliphatic imine (C=N–C) groups is 1. The van der Waals surface area contributed by atoms with Crippen LogP contribution >= 0.6 is 15.9 Å². The number of rotatable bonds is 0. The van der Waals surface area contributed by atoms with Crippen molar-refractivity contribution in [3.8, 4) is 0 Å². The molecule has 0 fully saturated rings. The first-order valence-electron chi connectivity index (χ1n) is 6.09. The molecule has 1 aliphatic heterocycles. The van der Waals surface area contributed by atoms with Crippen molar-refractivity contribution >= 4 is 39.3 Å². The third kappa shape index (κ3) is 2.75. The second-order valence-electron chi connectivity index (χ2n) is 5.44. The number of nitrogens with zero attached hydrogens (tertiary/aromatic N) is 2. The monoisotopic (exact) mass is 338 g/mol. The number of hydrogen-bond donors (Lipinski definition) is 0. The summed E-state index contributed by atoms with van der Waals surface area (Å²) in [6.07, 6.45) is -0.762. The zero-order chi connectivity index (χ0) is 15.1. The minimum atomic E-state index is -0.762. The summed E-state index contributed by atoms with van der Waals surface area (Å²) in [5.41, 5.74) is 0.796. The van der Waals surface area contributed by atoms with E-state index >= 15 is 0 Å². The summed E-state index contributed by atoms with van der Waals surface area (Å²) in [6.45, 7) is 5.24. The van der Waals surface area contributed by atoms with Gasteiger partial charge in [-0.2, -0.15) is 4.99 Å². The van der Waals surface area contributed by atoms with Crippen molar-refractivity contribution < 1.29 is 14.3 Å². The average molecular weight is 339 g/mol. The van der Waals surface area contributed by atoms with Crippen LogP contribution in [-0.2, 0) is 9.53 Å². The van der Waals surface area contributed by atoms with Gasteiger partial charge in [0, 0.05) is 17.1 Å². The van der Waals surface area contributed by atoms with E-state index in [1.54, 1.807) is 40.0 Å². The van der Waals surface area contributed by atoms with Crippen LogP contribution in [0.15, 0.2) is 27.7 Å². The summed E-state index contributed by atoms with van der Waals surface area (Å²) in [6, 6.07) is 5.38. The van der Waals surface area contributed by atoms with Crippen molar-refractivity contribution in [1.82, 2.24) is 0 Å². The van der Waals surface area contributed by atoms with Gasteiger partial charge >= 0.3 is 6.09 Å². The first-order chi connectivity index (χ1) is 9.20. The van der Waals surface area contributed by atoms with Crippen LogP contribution in [0.1, 0.15) is 26.3 Å². The lowest BCUT2D eigenvalue weighted by atomic mass is 10.1. The molecule has 6 heteroatoms. The number of amides is 2. The fourth-order valence-electron chi connectivity index (χ4n) is 1.91. The predicted octanol–water partition coefficient (Wildman–Crippen LogP) is 3.15. The van der Waals surface area contributed by atoms with Gasteiger partial charge in [0.25, 0.3) is 5.91 Å². The van der Waals surface area contributed by atoms with E-state index in [1.165, 1.54) is 4.90 Å². The lowest BCUT2D eigenvalue weighted by Crippen LogP contribution is -2.28. The smallest absolute Gasteiger partial charge is 0.434 e. The molecule has 0 N–H and O–H groups in total. The molecule has 0 radical (unpaired) electrons. The molecular weight excluding hydrogens is 324 g/mol. The van der Waals surface area contributed by atoms with Crippen molar-refractivity contribution in [2.45, 2.75) is 26.4 Å². The Morgan fingerprint density at radius 2 is 2.00 bits per heavy atom. The van der Waals surface area contributed by atoms with Crippen LogP contribution in [0.5, 0.6) is 0 Å². The van der Waals surface area contributed by atoms with E-state index in [-0.39, 0.29) is 11.6 Å². The molecule has 1 aliphatic rings. The summed E-state index contributed by atoms with van der Waals surface area (Å²) in [5.74, 6) is -0.322. The van der Waals surface area contributed by atoms with Crippen LogP contribution in [0.2, 0.25) is 0 Å². The first-order valence-corrected chi connectivity index (χ1v) is 6.88. The standard InChI is InChI=1S/C14H15BrN2O3/c1-14(2,3)20-13(19)16-10-8-6-5-7-9(15)11(8)17(4)12(10)18/h5-7H,1-4H3/b16-10-. The molecule has 5 nitrogen and oxygen atoms in total. The molecule has 0 atom stereocenters. The van der Waals surface area contributed by atoms with Gasteiger partial charge in [-0.15, -0.1) is 0 Å². The molecular formula is C14H15BrN2O3. The number of likely N-dealkylation sites (N-methyl/N-ethyl adjacent to an activating group) is 1.